The van der Waals surface area contributed by atoms with Crippen molar-refractivity contribution in [2.75, 3.05) is 6.54 Å². The van der Waals surface area contributed by atoms with E-state index in [1.54, 1.807) is 0 Å². The predicted octanol–water partition coefficient (Wildman–Crippen LogP) is 1.36. The largest absolute Gasteiger partial charge is 0.392 e. The first kappa shape index (κ1) is 13.4. The molecule has 0 aliphatic heterocycles. The molecular formula is C10H11ClN2O4. The number of halogens is 1. The molecule has 7 heteroatoms. The van der Waals surface area contributed by atoms with Crippen LogP contribution in [0.4, 0.5) is 5.69 Å². The molecule has 0 aliphatic carbocycles. The van der Waals surface area contributed by atoms with Crippen molar-refractivity contribution in [2.45, 2.75) is 13.0 Å². The predicted molar refractivity (Wildman–Crippen MR) is 62.1 cm³/mol. The van der Waals surface area contributed by atoms with Gasteiger partial charge in [-0.05, 0) is 13.0 Å². The monoisotopic (exact) mass is 258 g/mol. The van der Waals surface area contributed by atoms with Crippen molar-refractivity contribution >= 4 is 23.2 Å². The number of nitrogens with one attached hydrogen (secondary N) is 1. The second-order valence-electron chi connectivity index (χ2n) is 3.48. The van der Waals surface area contributed by atoms with Crippen molar-refractivity contribution in [2.24, 2.45) is 0 Å². The van der Waals surface area contributed by atoms with Gasteiger partial charge in [0, 0.05) is 18.7 Å². The molecule has 0 spiro atoms. The van der Waals surface area contributed by atoms with Gasteiger partial charge in [0.1, 0.15) is 0 Å². The van der Waals surface area contributed by atoms with E-state index in [9.17, 15) is 14.9 Å². The molecule has 92 valence electrons. The number of rotatable bonds is 4. The van der Waals surface area contributed by atoms with Crippen LogP contribution in [0.25, 0.3) is 0 Å². The highest BCUT2D eigenvalue weighted by molar-refractivity contribution is 6.34. The lowest BCUT2D eigenvalue weighted by molar-refractivity contribution is -0.384. The normalized spacial score (nSPS) is 11.9. The summed E-state index contributed by atoms with van der Waals surface area (Å²) >= 11 is 5.76. The van der Waals surface area contributed by atoms with E-state index >= 15 is 0 Å². The molecule has 2 N–H and O–H groups in total. The molecule has 0 radical (unpaired) electrons. The molecule has 0 heterocycles. The van der Waals surface area contributed by atoms with Crippen molar-refractivity contribution in [3.05, 3.63) is 38.9 Å². The average molecular weight is 259 g/mol. The molecule has 6 nitrogen and oxygen atoms in total. The number of carbonyl (C=O) groups excluding carboxylic acids is 1. The number of nitro benzene ring substituents is 1. The van der Waals surface area contributed by atoms with Crippen molar-refractivity contribution < 1.29 is 14.8 Å². The molecule has 0 unspecified atom stereocenters. The Labute approximate surface area is 102 Å². The van der Waals surface area contributed by atoms with E-state index in [1.807, 2.05) is 0 Å². The van der Waals surface area contributed by atoms with Crippen molar-refractivity contribution in [3.8, 4) is 0 Å². The maximum absolute atomic E-state index is 11.6. The molecule has 1 aromatic carbocycles. The van der Waals surface area contributed by atoms with E-state index < -0.39 is 16.9 Å². The number of carbonyl (C=O) groups is 1. The molecule has 0 saturated carbocycles. The van der Waals surface area contributed by atoms with Gasteiger partial charge in [-0.3, -0.25) is 14.9 Å². The van der Waals surface area contributed by atoms with E-state index in [1.165, 1.54) is 19.1 Å². The molecule has 0 saturated heterocycles. The maximum Gasteiger partial charge on any atom is 0.270 e. The molecule has 0 aliphatic rings. The van der Waals surface area contributed by atoms with E-state index in [-0.39, 0.29) is 22.8 Å². The van der Waals surface area contributed by atoms with E-state index in [0.717, 1.165) is 6.07 Å². The molecule has 0 aromatic heterocycles. The molecule has 1 amide bonds. The number of benzene rings is 1. The van der Waals surface area contributed by atoms with E-state index in [2.05, 4.69) is 5.32 Å². The number of hydrogen-bond acceptors (Lipinski definition) is 4. The summed E-state index contributed by atoms with van der Waals surface area (Å²) in [7, 11) is 0. The highest BCUT2D eigenvalue weighted by Crippen LogP contribution is 2.22. The fourth-order valence-electron chi connectivity index (χ4n) is 1.14. The summed E-state index contributed by atoms with van der Waals surface area (Å²) in [4.78, 5) is 21.4. The molecule has 0 fully saturated rings. The average Bonchev–Trinajstić information content (AvgIpc) is 2.25. The maximum atomic E-state index is 11.6. The minimum atomic E-state index is -0.671. The summed E-state index contributed by atoms with van der Waals surface area (Å²) in [5.74, 6) is -0.481. The van der Waals surface area contributed by atoms with Crippen molar-refractivity contribution in [1.82, 2.24) is 5.32 Å². The lowest BCUT2D eigenvalue weighted by atomic mass is 10.2. The zero-order valence-electron chi connectivity index (χ0n) is 9.01. The summed E-state index contributed by atoms with van der Waals surface area (Å²) in [6.45, 7) is 1.61. The molecule has 1 rings (SSSR count). The Bertz CT molecular complexity index is 448. The van der Waals surface area contributed by atoms with Crippen LogP contribution in [0.1, 0.15) is 17.3 Å². The Morgan fingerprint density at radius 1 is 1.65 bits per heavy atom. The first-order valence-electron chi connectivity index (χ1n) is 4.82. The summed E-state index contributed by atoms with van der Waals surface area (Å²) in [6, 6.07) is 3.58. The number of nitrogens with zero attached hydrogens (tertiary/aromatic N) is 1. The summed E-state index contributed by atoms with van der Waals surface area (Å²) in [5.41, 5.74) is -0.0417. The Morgan fingerprint density at radius 3 is 2.76 bits per heavy atom. The van der Waals surface area contributed by atoms with Gasteiger partial charge in [0.15, 0.2) is 0 Å². The molecule has 17 heavy (non-hydrogen) atoms. The van der Waals surface area contributed by atoms with Crippen LogP contribution in [-0.4, -0.2) is 28.6 Å². The first-order valence-corrected chi connectivity index (χ1v) is 5.20. The zero-order valence-corrected chi connectivity index (χ0v) is 9.77. The van der Waals surface area contributed by atoms with Gasteiger partial charge in [0.05, 0.1) is 21.6 Å². The summed E-state index contributed by atoms with van der Waals surface area (Å²) in [5, 5.41) is 21.9. The SMILES string of the molecule is C[C@H](O)CNC(=O)c1ccc([N+](=O)[O-])cc1Cl. The van der Waals surface area contributed by atoms with Gasteiger partial charge < -0.3 is 10.4 Å². The smallest absolute Gasteiger partial charge is 0.270 e. The summed E-state index contributed by atoms with van der Waals surface area (Å²) < 4.78 is 0. The number of non-ortho nitro benzene ring substituents is 1. The van der Waals surface area contributed by atoms with E-state index in [0.29, 0.717) is 0 Å². The molecule has 0 bridgehead atoms. The van der Waals surface area contributed by atoms with Crippen molar-refractivity contribution in [3.63, 3.8) is 0 Å². The highest BCUT2D eigenvalue weighted by Gasteiger charge is 2.14. The third-order valence-corrected chi connectivity index (χ3v) is 2.28. The zero-order chi connectivity index (χ0) is 13.0. The highest BCUT2D eigenvalue weighted by atomic mass is 35.5. The Balaban J connectivity index is 2.85. The third-order valence-electron chi connectivity index (χ3n) is 1.97. The second-order valence-corrected chi connectivity index (χ2v) is 3.89. The fourth-order valence-corrected chi connectivity index (χ4v) is 1.40. The minimum Gasteiger partial charge on any atom is -0.392 e. The van der Waals surface area contributed by atoms with Crippen LogP contribution in [0, 0.1) is 10.1 Å². The van der Waals surface area contributed by atoms with Gasteiger partial charge >= 0.3 is 0 Å². The van der Waals surface area contributed by atoms with Crippen LogP contribution in [0.3, 0.4) is 0 Å². The molecular weight excluding hydrogens is 248 g/mol. The Morgan fingerprint density at radius 2 is 2.29 bits per heavy atom. The number of aliphatic hydroxyl groups is 1. The van der Waals surface area contributed by atoms with Crippen LogP contribution in [0.5, 0.6) is 0 Å². The fraction of sp³-hybridized carbons (Fsp3) is 0.300. The topological polar surface area (TPSA) is 92.5 Å². The number of aliphatic hydroxyl groups excluding tert-OH is 1. The third kappa shape index (κ3) is 3.69. The van der Waals surface area contributed by atoms with Crippen LogP contribution >= 0.6 is 11.6 Å². The number of amides is 1. The van der Waals surface area contributed by atoms with Gasteiger partial charge in [-0.25, -0.2) is 0 Å². The lowest BCUT2D eigenvalue weighted by Gasteiger charge is -2.08. The number of hydrogen-bond donors (Lipinski definition) is 2. The van der Waals surface area contributed by atoms with Crippen LogP contribution < -0.4 is 5.32 Å². The summed E-state index contributed by atoms with van der Waals surface area (Å²) in [6.07, 6.45) is -0.671. The van der Waals surface area contributed by atoms with Crippen molar-refractivity contribution in [1.29, 1.82) is 0 Å². The van der Waals surface area contributed by atoms with Gasteiger partial charge in [-0.1, -0.05) is 11.6 Å². The second kappa shape index (κ2) is 5.60. The van der Waals surface area contributed by atoms with Gasteiger partial charge in [0.2, 0.25) is 0 Å². The molecule has 1 aromatic rings. The minimum absolute atomic E-state index is 0.00212. The first-order chi connectivity index (χ1) is 7.91. The lowest BCUT2D eigenvalue weighted by Crippen LogP contribution is -2.30. The number of nitro groups is 1. The van der Waals surface area contributed by atoms with Crippen LogP contribution in [0.15, 0.2) is 18.2 Å². The van der Waals surface area contributed by atoms with E-state index in [4.69, 9.17) is 16.7 Å². The quantitative estimate of drug-likeness (QED) is 0.630. The van der Waals surface area contributed by atoms with Crippen LogP contribution in [-0.2, 0) is 0 Å². The van der Waals surface area contributed by atoms with Gasteiger partial charge in [-0.15, -0.1) is 0 Å². The van der Waals surface area contributed by atoms with Gasteiger partial charge in [-0.2, -0.15) is 0 Å². The van der Waals surface area contributed by atoms with Crippen LogP contribution in [0.2, 0.25) is 5.02 Å². The molecule has 1 atom stereocenters. The standard InChI is InChI=1S/C10H11ClN2O4/c1-6(14)5-12-10(15)8-3-2-7(13(16)17)4-9(8)11/h2-4,6,14H,5H2,1H3,(H,12,15)/t6-/m0/s1. The van der Waals surface area contributed by atoms with Gasteiger partial charge in [0.25, 0.3) is 11.6 Å². The Hall–Kier alpha value is -1.66. The Kier molecular flexibility index (Phi) is 4.42.